The zero-order chi connectivity index (χ0) is 12.1. The number of aliphatic hydroxyl groups excluding tert-OH is 1. The van der Waals surface area contributed by atoms with Gasteiger partial charge in [0.15, 0.2) is 5.60 Å². The molecule has 2 bridgehead atoms. The smallest absolute Gasteiger partial charge is 0.341 e. The second-order valence-corrected chi connectivity index (χ2v) is 6.04. The highest BCUT2D eigenvalue weighted by Gasteiger charge is 2.62. The fraction of sp³-hybridized carbons (Fsp3) is 0.917. The molecule has 92 valence electrons. The molecule has 2 aliphatic carbocycles. The Morgan fingerprint density at radius 2 is 2.00 bits per heavy atom. The lowest BCUT2D eigenvalue weighted by atomic mass is 9.82. The molecule has 2 saturated carbocycles. The van der Waals surface area contributed by atoms with Crippen LogP contribution in [0.15, 0.2) is 0 Å². The van der Waals surface area contributed by atoms with Crippen LogP contribution in [-0.4, -0.2) is 33.5 Å². The Morgan fingerprint density at radius 3 is 2.44 bits per heavy atom. The van der Waals surface area contributed by atoms with Crippen LogP contribution < -0.4 is 0 Å². The summed E-state index contributed by atoms with van der Waals surface area (Å²) in [6, 6.07) is 0. The number of rotatable bonds is 1. The summed E-state index contributed by atoms with van der Waals surface area (Å²) in [5.41, 5.74) is -2.30. The Balaban J connectivity index is 2.16. The molecule has 0 heterocycles. The van der Waals surface area contributed by atoms with Crippen LogP contribution in [0.25, 0.3) is 0 Å². The zero-order valence-corrected chi connectivity index (χ0v) is 10.1. The van der Waals surface area contributed by atoms with Gasteiger partial charge in [-0.25, -0.2) is 4.79 Å². The minimum atomic E-state index is -1.67. The van der Waals surface area contributed by atoms with E-state index in [0.717, 1.165) is 19.3 Å². The number of aliphatic hydroxyl groups is 2. The molecule has 4 heteroatoms. The Bertz CT molecular complexity index is 303. The monoisotopic (exact) mass is 228 g/mol. The predicted octanol–water partition coefficient (Wildman–Crippen LogP) is 0.850. The fourth-order valence-electron chi connectivity index (χ4n) is 2.95. The third-order valence-electron chi connectivity index (χ3n) is 3.72. The molecule has 0 radical (unpaired) electrons. The summed E-state index contributed by atoms with van der Waals surface area (Å²) in [6.07, 6.45) is 1.48. The van der Waals surface area contributed by atoms with Gasteiger partial charge in [0, 0.05) is 5.92 Å². The lowest BCUT2D eigenvalue weighted by Gasteiger charge is -2.36. The molecule has 4 atom stereocenters. The number of carbonyl (C=O) groups is 1. The van der Waals surface area contributed by atoms with Crippen molar-refractivity contribution in [3.63, 3.8) is 0 Å². The number of fused-ring (bicyclic) bond motifs is 2. The molecule has 0 aliphatic heterocycles. The van der Waals surface area contributed by atoms with Crippen LogP contribution in [0.5, 0.6) is 0 Å². The average Bonchev–Trinajstić information content (AvgIpc) is 2.67. The van der Waals surface area contributed by atoms with E-state index < -0.39 is 23.3 Å². The Morgan fingerprint density at radius 1 is 1.38 bits per heavy atom. The van der Waals surface area contributed by atoms with Crippen molar-refractivity contribution < 1.29 is 19.7 Å². The van der Waals surface area contributed by atoms with E-state index in [4.69, 9.17) is 4.74 Å². The van der Waals surface area contributed by atoms with Crippen molar-refractivity contribution in [1.82, 2.24) is 0 Å². The molecular formula is C12H20O4. The predicted molar refractivity (Wildman–Crippen MR) is 57.6 cm³/mol. The van der Waals surface area contributed by atoms with Crippen LogP contribution in [0, 0.1) is 11.8 Å². The summed E-state index contributed by atoms with van der Waals surface area (Å²) in [5, 5.41) is 20.3. The average molecular weight is 228 g/mol. The first-order valence-corrected chi connectivity index (χ1v) is 5.89. The first kappa shape index (κ1) is 11.9. The van der Waals surface area contributed by atoms with Crippen molar-refractivity contribution in [1.29, 1.82) is 0 Å². The summed E-state index contributed by atoms with van der Waals surface area (Å²) in [4.78, 5) is 12.0. The van der Waals surface area contributed by atoms with E-state index in [-0.39, 0.29) is 11.8 Å². The van der Waals surface area contributed by atoms with Crippen LogP contribution in [-0.2, 0) is 9.53 Å². The van der Waals surface area contributed by atoms with Gasteiger partial charge in [0.25, 0.3) is 0 Å². The van der Waals surface area contributed by atoms with Gasteiger partial charge in [-0.15, -0.1) is 0 Å². The maximum atomic E-state index is 12.0. The first-order valence-electron chi connectivity index (χ1n) is 5.89. The number of esters is 1. The minimum Gasteiger partial charge on any atom is -0.458 e. The van der Waals surface area contributed by atoms with Crippen LogP contribution >= 0.6 is 0 Å². The van der Waals surface area contributed by atoms with Gasteiger partial charge in [-0.05, 0) is 46.0 Å². The molecule has 0 aromatic carbocycles. The minimum absolute atomic E-state index is 0.0579. The number of carbonyl (C=O) groups excluding carboxylic acids is 1. The quantitative estimate of drug-likeness (QED) is 0.653. The normalized spacial score (nSPS) is 42.4. The SMILES string of the molecule is CC(C)(C)OC(=O)C1(O)C(O)[C@@H]2CC[C@H]1C2. The molecule has 16 heavy (non-hydrogen) atoms. The second kappa shape index (κ2) is 3.44. The van der Waals surface area contributed by atoms with Crippen LogP contribution in [0.2, 0.25) is 0 Å². The summed E-state index contributed by atoms with van der Waals surface area (Å²) >= 11 is 0. The Labute approximate surface area is 95.6 Å². The lowest BCUT2D eigenvalue weighted by molar-refractivity contribution is -0.196. The van der Waals surface area contributed by atoms with Crippen LogP contribution in [0.4, 0.5) is 0 Å². The van der Waals surface area contributed by atoms with E-state index in [2.05, 4.69) is 0 Å². The van der Waals surface area contributed by atoms with E-state index in [1.165, 1.54) is 0 Å². The van der Waals surface area contributed by atoms with Gasteiger partial charge in [-0.3, -0.25) is 0 Å². The van der Waals surface area contributed by atoms with Gasteiger partial charge in [-0.1, -0.05) is 0 Å². The molecule has 0 aromatic heterocycles. The highest BCUT2D eigenvalue weighted by molar-refractivity contribution is 5.82. The number of hydrogen-bond donors (Lipinski definition) is 2. The van der Waals surface area contributed by atoms with Gasteiger partial charge in [0.1, 0.15) is 5.60 Å². The molecule has 2 aliphatic rings. The zero-order valence-electron chi connectivity index (χ0n) is 10.1. The first-order chi connectivity index (χ1) is 7.25. The Hall–Kier alpha value is -0.610. The molecular weight excluding hydrogens is 208 g/mol. The summed E-state index contributed by atoms with van der Waals surface area (Å²) in [5.74, 6) is -0.746. The van der Waals surface area contributed by atoms with Crippen LogP contribution in [0.1, 0.15) is 40.0 Å². The molecule has 0 spiro atoms. The third kappa shape index (κ3) is 1.64. The van der Waals surface area contributed by atoms with Gasteiger partial charge >= 0.3 is 5.97 Å². The van der Waals surface area contributed by atoms with E-state index in [0.29, 0.717) is 0 Å². The molecule has 0 amide bonds. The van der Waals surface area contributed by atoms with E-state index in [1.807, 2.05) is 0 Å². The topological polar surface area (TPSA) is 66.8 Å². The van der Waals surface area contributed by atoms with Gasteiger partial charge in [-0.2, -0.15) is 0 Å². The highest BCUT2D eigenvalue weighted by Crippen LogP contribution is 2.51. The van der Waals surface area contributed by atoms with Crippen molar-refractivity contribution in [3.8, 4) is 0 Å². The maximum Gasteiger partial charge on any atom is 0.341 e. The summed E-state index contributed by atoms with van der Waals surface area (Å²) in [7, 11) is 0. The van der Waals surface area contributed by atoms with E-state index in [1.54, 1.807) is 20.8 Å². The largest absolute Gasteiger partial charge is 0.458 e. The summed E-state index contributed by atoms with van der Waals surface area (Å²) in [6.45, 7) is 5.27. The standard InChI is InChI=1S/C12H20O4/c1-11(2,3)16-10(14)12(15)8-5-4-7(6-8)9(12)13/h7-9,13,15H,4-6H2,1-3H3/t7-,8+,9?,12?/m1/s1. The van der Waals surface area contributed by atoms with Gasteiger partial charge in [0.05, 0.1) is 6.10 Å². The fourth-order valence-corrected chi connectivity index (χ4v) is 2.95. The second-order valence-electron chi connectivity index (χ2n) is 6.04. The molecule has 0 aromatic rings. The van der Waals surface area contributed by atoms with Crippen LogP contribution in [0.3, 0.4) is 0 Å². The Kier molecular flexibility index (Phi) is 2.55. The molecule has 2 fully saturated rings. The molecule has 2 N–H and O–H groups in total. The number of hydrogen-bond acceptors (Lipinski definition) is 4. The highest BCUT2D eigenvalue weighted by atomic mass is 16.6. The molecule has 0 saturated heterocycles. The van der Waals surface area contributed by atoms with Crippen molar-refractivity contribution in [3.05, 3.63) is 0 Å². The maximum absolute atomic E-state index is 12.0. The van der Waals surface area contributed by atoms with Gasteiger partial charge < -0.3 is 14.9 Å². The summed E-state index contributed by atoms with van der Waals surface area (Å²) < 4.78 is 5.20. The van der Waals surface area contributed by atoms with Crippen molar-refractivity contribution in [2.45, 2.75) is 57.3 Å². The third-order valence-corrected chi connectivity index (χ3v) is 3.72. The van der Waals surface area contributed by atoms with E-state index >= 15 is 0 Å². The molecule has 4 nitrogen and oxygen atoms in total. The van der Waals surface area contributed by atoms with Crippen molar-refractivity contribution in [2.24, 2.45) is 11.8 Å². The molecule has 2 rings (SSSR count). The molecule has 2 unspecified atom stereocenters. The van der Waals surface area contributed by atoms with Gasteiger partial charge in [0.2, 0.25) is 0 Å². The van der Waals surface area contributed by atoms with E-state index in [9.17, 15) is 15.0 Å². The lowest BCUT2D eigenvalue weighted by Crippen LogP contribution is -2.55. The number of ether oxygens (including phenoxy) is 1. The van der Waals surface area contributed by atoms with Crippen molar-refractivity contribution in [2.75, 3.05) is 0 Å². The van der Waals surface area contributed by atoms with Crippen molar-refractivity contribution >= 4 is 5.97 Å².